The maximum atomic E-state index is 12.5. The second-order valence-electron chi connectivity index (χ2n) is 9.59. The van der Waals surface area contributed by atoms with Crippen LogP contribution in [0.25, 0.3) is 0 Å². The highest BCUT2D eigenvalue weighted by atomic mass is 32.2. The lowest BCUT2D eigenvalue weighted by molar-refractivity contribution is -0.0276. The highest BCUT2D eigenvalue weighted by molar-refractivity contribution is 7.90. The summed E-state index contributed by atoms with van der Waals surface area (Å²) in [7, 11) is -3.10. The summed E-state index contributed by atoms with van der Waals surface area (Å²) < 4.78 is 32.8. The smallest absolute Gasteiger partial charge is 0.217 e. The van der Waals surface area contributed by atoms with Gasteiger partial charge >= 0.3 is 0 Å². The van der Waals surface area contributed by atoms with Gasteiger partial charge in [0.15, 0.2) is 0 Å². The van der Waals surface area contributed by atoms with Crippen LogP contribution in [0.4, 0.5) is 5.82 Å². The number of aromatic nitrogens is 2. The SMILES string of the molecule is CC(C)OC1CCC2NNC(c3cc(N4CCN(S(=O)(=O)C5CC5)CC4)ncn3)C2C1. The number of rotatable bonds is 6. The van der Waals surface area contributed by atoms with Gasteiger partial charge in [-0.3, -0.25) is 5.43 Å². The Morgan fingerprint density at radius 2 is 1.84 bits per heavy atom. The third-order valence-electron chi connectivity index (χ3n) is 7.03. The monoisotopic (exact) mass is 450 g/mol. The van der Waals surface area contributed by atoms with Crippen LogP contribution in [0.5, 0.6) is 0 Å². The molecule has 0 bridgehead atoms. The zero-order chi connectivity index (χ0) is 21.6. The second-order valence-corrected chi connectivity index (χ2v) is 11.8. The van der Waals surface area contributed by atoms with Crippen LogP contribution in [0.2, 0.25) is 0 Å². The van der Waals surface area contributed by atoms with E-state index in [1.165, 1.54) is 0 Å². The average molecular weight is 451 g/mol. The van der Waals surface area contributed by atoms with Gasteiger partial charge in [0.1, 0.15) is 12.1 Å². The number of hydrogen-bond donors (Lipinski definition) is 2. The Balaban J connectivity index is 1.25. The van der Waals surface area contributed by atoms with Gasteiger partial charge in [-0.05, 0) is 46.0 Å². The van der Waals surface area contributed by atoms with Crippen molar-refractivity contribution in [3.8, 4) is 0 Å². The molecule has 1 aromatic heterocycles. The van der Waals surface area contributed by atoms with Crippen molar-refractivity contribution in [2.45, 2.75) is 75.5 Å². The molecule has 4 unspecified atom stereocenters. The van der Waals surface area contributed by atoms with E-state index < -0.39 is 10.0 Å². The first kappa shape index (κ1) is 21.5. The van der Waals surface area contributed by atoms with Crippen molar-refractivity contribution >= 4 is 15.8 Å². The first-order valence-electron chi connectivity index (χ1n) is 11.6. The summed E-state index contributed by atoms with van der Waals surface area (Å²) in [6.45, 7) is 6.58. The molecule has 0 aromatic carbocycles. The van der Waals surface area contributed by atoms with Crippen molar-refractivity contribution in [3.05, 3.63) is 18.1 Å². The molecule has 2 aliphatic heterocycles. The van der Waals surface area contributed by atoms with E-state index in [1.54, 1.807) is 10.6 Å². The number of sulfonamides is 1. The van der Waals surface area contributed by atoms with Crippen LogP contribution in [-0.2, 0) is 14.8 Å². The van der Waals surface area contributed by atoms with Gasteiger partial charge in [-0.15, -0.1) is 0 Å². The molecule has 10 heteroatoms. The van der Waals surface area contributed by atoms with Crippen LogP contribution < -0.4 is 15.8 Å². The topological polar surface area (TPSA) is 99.7 Å². The largest absolute Gasteiger partial charge is 0.376 e. The summed E-state index contributed by atoms with van der Waals surface area (Å²) in [5, 5.41) is -0.141. The summed E-state index contributed by atoms with van der Waals surface area (Å²) in [6.07, 6.45) is 7.01. The number of nitrogens with one attached hydrogen (secondary N) is 2. The van der Waals surface area contributed by atoms with Crippen LogP contribution in [0.1, 0.15) is 57.7 Å². The molecule has 4 fully saturated rings. The highest BCUT2D eigenvalue weighted by Crippen LogP contribution is 2.39. The van der Waals surface area contributed by atoms with Gasteiger partial charge in [-0.2, -0.15) is 4.31 Å². The van der Waals surface area contributed by atoms with Gasteiger partial charge in [-0.25, -0.2) is 23.8 Å². The molecule has 9 nitrogen and oxygen atoms in total. The Bertz CT molecular complexity index is 885. The zero-order valence-corrected chi connectivity index (χ0v) is 19.2. The lowest BCUT2D eigenvalue weighted by Crippen LogP contribution is -2.49. The van der Waals surface area contributed by atoms with Crippen molar-refractivity contribution in [2.75, 3.05) is 31.1 Å². The molecule has 172 valence electrons. The van der Waals surface area contributed by atoms with Crippen molar-refractivity contribution in [1.29, 1.82) is 0 Å². The molecule has 0 radical (unpaired) electrons. The van der Waals surface area contributed by atoms with E-state index in [0.29, 0.717) is 44.2 Å². The minimum atomic E-state index is -3.10. The predicted octanol–water partition coefficient (Wildman–Crippen LogP) is 1.20. The molecular weight excluding hydrogens is 416 g/mol. The van der Waals surface area contributed by atoms with E-state index in [1.807, 2.05) is 0 Å². The van der Waals surface area contributed by atoms with Crippen LogP contribution in [0.15, 0.2) is 12.4 Å². The number of hydrazine groups is 1. The highest BCUT2D eigenvalue weighted by Gasteiger charge is 2.43. The lowest BCUT2D eigenvalue weighted by Gasteiger charge is -2.35. The van der Waals surface area contributed by atoms with Crippen LogP contribution in [0, 0.1) is 5.92 Å². The number of nitrogens with zero attached hydrogens (tertiary/aromatic N) is 4. The first-order valence-corrected chi connectivity index (χ1v) is 13.1. The Morgan fingerprint density at radius 3 is 2.55 bits per heavy atom. The van der Waals surface area contributed by atoms with E-state index in [9.17, 15) is 8.42 Å². The molecule has 2 aliphatic carbocycles. The molecule has 31 heavy (non-hydrogen) atoms. The number of ether oxygens (including phenoxy) is 1. The van der Waals surface area contributed by atoms with E-state index in [2.05, 4.69) is 45.6 Å². The summed E-state index contributed by atoms with van der Waals surface area (Å²) in [4.78, 5) is 11.3. The molecule has 4 atom stereocenters. The van der Waals surface area contributed by atoms with Gasteiger partial charge in [0.05, 0.1) is 29.2 Å². The van der Waals surface area contributed by atoms with Gasteiger partial charge in [0.25, 0.3) is 0 Å². The van der Waals surface area contributed by atoms with Gasteiger partial charge in [0.2, 0.25) is 10.0 Å². The third kappa shape index (κ3) is 4.45. The molecule has 2 N–H and O–H groups in total. The average Bonchev–Trinajstić information content (AvgIpc) is 3.55. The Kier molecular flexibility index (Phi) is 5.93. The van der Waals surface area contributed by atoms with Crippen LogP contribution >= 0.6 is 0 Å². The number of fused-ring (bicyclic) bond motifs is 1. The number of anilines is 1. The van der Waals surface area contributed by atoms with Crippen LogP contribution in [0.3, 0.4) is 0 Å². The zero-order valence-electron chi connectivity index (χ0n) is 18.4. The fourth-order valence-electron chi connectivity index (χ4n) is 5.27. The summed E-state index contributed by atoms with van der Waals surface area (Å²) >= 11 is 0. The Labute approximate surface area is 185 Å². The van der Waals surface area contributed by atoms with Crippen molar-refractivity contribution < 1.29 is 13.2 Å². The second kappa shape index (κ2) is 8.55. The van der Waals surface area contributed by atoms with Crippen molar-refractivity contribution in [2.24, 2.45) is 5.92 Å². The maximum Gasteiger partial charge on any atom is 0.217 e. The Morgan fingerprint density at radius 1 is 1.06 bits per heavy atom. The minimum absolute atomic E-state index is 0.127. The molecule has 3 heterocycles. The molecule has 2 saturated carbocycles. The first-order chi connectivity index (χ1) is 14.9. The normalized spacial score (nSPS) is 32.4. The van der Waals surface area contributed by atoms with Gasteiger partial charge in [-0.1, -0.05) is 0 Å². The molecule has 2 saturated heterocycles. The molecule has 4 aliphatic rings. The molecule has 0 amide bonds. The lowest BCUT2D eigenvalue weighted by atomic mass is 9.79. The fraction of sp³-hybridized carbons (Fsp3) is 0.810. The molecule has 1 aromatic rings. The Hall–Kier alpha value is -1.33. The van der Waals surface area contributed by atoms with E-state index in [-0.39, 0.29) is 17.4 Å². The van der Waals surface area contributed by atoms with E-state index in [0.717, 1.165) is 43.6 Å². The molecule has 5 rings (SSSR count). The summed E-state index contributed by atoms with van der Waals surface area (Å²) in [5.74, 6) is 1.31. The fourth-order valence-corrected chi connectivity index (χ4v) is 7.10. The standard InChI is InChI=1S/C21H34N6O3S/c1-14(2)30-15-3-6-18-17(11-15)21(25-24-18)19-12-20(23-13-22-19)26-7-9-27(10-8-26)31(28,29)16-4-5-16/h12-18,21,24-25H,3-11H2,1-2H3. The van der Waals surface area contributed by atoms with Gasteiger partial charge < -0.3 is 9.64 Å². The van der Waals surface area contributed by atoms with Crippen molar-refractivity contribution in [3.63, 3.8) is 0 Å². The maximum absolute atomic E-state index is 12.5. The summed E-state index contributed by atoms with van der Waals surface area (Å²) in [5.41, 5.74) is 7.92. The third-order valence-corrected chi connectivity index (χ3v) is 9.43. The van der Waals surface area contributed by atoms with E-state index >= 15 is 0 Å². The van der Waals surface area contributed by atoms with Crippen molar-refractivity contribution in [1.82, 2.24) is 25.1 Å². The summed E-state index contributed by atoms with van der Waals surface area (Å²) in [6, 6.07) is 2.63. The number of hydrogen-bond acceptors (Lipinski definition) is 8. The minimum Gasteiger partial charge on any atom is -0.376 e. The van der Waals surface area contributed by atoms with Crippen LogP contribution in [-0.4, -0.2) is 72.4 Å². The van der Waals surface area contributed by atoms with E-state index in [4.69, 9.17) is 4.74 Å². The number of piperazine rings is 1. The van der Waals surface area contributed by atoms with Gasteiger partial charge in [0, 0.05) is 44.2 Å². The molecular formula is C21H34N6O3S. The quantitative estimate of drug-likeness (QED) is 0.667. The predicted molar refractivity (Wildman–Crippen MR) is 118 cm³/mol. The molecule has 0 spiro atoms.